The van der Waals surface area contributed by atoms with Crippen LogP contribution in [0.5, 0.6) is 0 Å². The van der Waals surface area contributed by atoms with Crippen molar-refractivity contribution in [2.45, 2.75) is 0 Å². The molecule has 1 heterocycles. The van der Waals surface area contributed by atoms with E-state index >= 15 is 0 Å². The van der Waals surface area contributed by atoms with Crippen LogP contribution in [0.2, 0.25) is 5.02 Å². The number of rotatable bonds is 3. The third-order valence-electron chi connectivity index (χ3n) is 1.59. The number of methoxy groups -OCH3 is 1. The molecule has 0 fully saturated rings. The van der Waals surface area contributed by atoms with E-state index < -0.39 is 11.8 Å². The molecule has 0 radical (unpaired) electrons. The first-order valence-electron chi connectivity index (χ1n) is 3.93. The number of aromatic nitrogens is 1. The topological polar surface area (TPSA) is 56.3 Å². The maximum absolute atomic E-state index is 11.2. The fourth-order valence-corrected chi connectivity index (χ4v) is 1.26. The van der Waals surface area contributed by atoms with Crippen molar-refractivity contribution in [3.63, 3.8) is 0 Å². The fraction of sp³-hybridized carbons (Fsp3) is 0.222. The van der Waals surface area contributed by atoms with Crippen molar-refractivity contribution in [1.29, 1.82) is 0 Å². The molecule has 15 heavy (non-hydrogen) atoms. The molecule has 80 valence electrons. The number of ether oxygens (including phenoxy) is 1. The van der Waals surface area contributed by atoms with Gasteiger partial charge in [0.1, 0.15) is 5.69 Å². The molecule has 0 saturated heterocycles. The smallest absolute Gasteiger partial charge is 0.356 e. The molecule has 4 nitrogen and oxygen atoms in total. The molecule has 0 saturated carbocycles. The van der Waals surface area contributed by atoms with Crippen LogP contribution in [0, 0.1) is 0 Å². The van der Waals surface area contributed by atoms with Crippen LogP contribution in [0.4, 0.5) is 0 Å². The van der Waals surface area contributed by atoms with Gasteiger partial charge in [0.15, 0.2) is 11.5 Å². The Balaban J connectivity index is 3.16. The number of alkyl halides is 1. The van der Waals surface area contributed by atoms with Crippen LogP contribution in [0.1, 0.15) is 21.0 Å². The van der Waals surface area contributed by atoms with Crippen LogP contribution in [0.25, 0.3) is 0 Å². The fourth-order valence-electron chi connectivity index (χ4n) is 0.918. The first-order valence-corrected chi connectivity index (χ1v) is 4.84. The number of pyridine rings is 1. The van der Waals surface area contributed by atoms with E-state index in [9.17, 15) is 9.59 Å². The number of hydrogen-bond acceptors (Lipinski definition) is 4. The van der Waals surface area contributed by atoms with Gasteiger partial charge in [0.05, 0.1) is 13.0 Å². The number of nitrogens with zero attached hydrogens (tertiary/aromatic N) is 1. The van der Waals surface area contributed by atoms with Crippen molar-refractivity contribution >= 4 is 35.0 Å². The molecule has 0 aromatic carbocycles. The Bertz CT molecular complexity index is 372. The van der Waals surface area contributed by atoms with E-state index in [1.807, 2.05) is 0 Å². The maximum Gasteiger partial charge on any atom is 0.356 e. The lowest BCUT2D eigenvalue weighted by atomic mass is 10.2. The molecule has 0 aliphatic rings. The summed E-state index contributed by atoms with van der Waals surface area (Å²) in [5.41, 5.74) is 0.0383. The highest BCUT2D eigenvalue weighted by Crippen LogP contribution is 2.13. The Hall–Kier alpha value is -1.13. The first-order chi connectivity index (χ1) is 7.08. The van der Waals surface area contributed by atoms with Gasteiger partial charge in [-0.15, -0.1) is 11.6 Å². The van der Waals surface area contributed by atoms with Crippen molar-refractivity contribution in [1.82, 2.24) is 4.98 Å². The monoisotopic (exact) mass is 247 g/mol. The van der Waals surface area contributed by atoms with Crippen molar-refractivity contribution in [3.8, 4) is 0 Å². The zero-order valence-electron chi connectivity index (χ0n) is 7.79. The lowest BCUT2D eigenvalue weighted by Gasteiger charge is -2.02. The van der Waals surface area contributed by atoms with E-state index in [1.54, 1.807) is 0 Å². The number of Topliss-reactive ketones (excluding diaryl/α,β-unsaturated/α-hetero) is 1. The van der Waals surface area contributed by atoms with E-state index in [2.05, 4.69) is 9.72 Å². The highest BCUT2D eigenvalue weighted by molar-refractivity contribution is 6.32. The highest BCUT2D eigenvalue weighted by Gasteiger charge is 2.13. The number of carbonyl (C=O) groups is 2. The number of carbonyl (C=O) groups excluding carboxylic acids is 2. The SMILES string of the molecule is COC(=O)c1cc(Cl)cc(C(=O)CCl)n1. The van der Waals surface area contributed by atoms with Crippen LogP contribution >= 0.6 is 23.2 Å². The minimum Gasteiger partial charge on any atom is -0.464 e. The van der Waals surface area contributed by atoms with Gasteiger partial charge in [-0.2, -0.15) is 0 Å². The number of ketones is 1. The Morgan fingerprint density at radius 3 is 2.53 bits per heavy atom. The second kappa shape index (κ2) is 5.09. The molecule has 0 atom stereocenters. The van der Waals surface area contributed by atoms with Gasteiger partial charge in [-0.05, 0) is 12.1 Å². The first kappa shape index (κ1) is 11.9. The summed E-state index contributed by atoms with van der Waals surface area (Å²) in [5, 5.41) is 0.235. The second-order valence-electron chi connectivity index (χ2n) is 2.60. The lowest BCUT2D eigenvalue weighted by Crippen LogP contribution is -2.10. The minimum absolute atomic E-state index is 0.0153. The van der Waals surface area contributed by atoms with E-state index in [1.165, 1.54) is 19.2 Å². The summed E-state index contributed by atoms with van der Waals surface area (Å²) in [4.78, 5) is 26.1. The van der Waals surface area contributed by atoms with Gasteiger partial charge in [-0.25, -0.2) is 9.78 Å². The molecule has 1 aromatic rings. The predicted molar refractivity (Wildman–Crippen MR) is 55.6 cm³/mol. The summed E-state index contributed by atoms with van der Waals surface area (Å²) < 4.78 is 4.46. The average molecular weight is 248 g/mol. The zero-order chi connectivity index (χ0) is 11.4. The summed E-state index contributed by atoms with van der Waals surface area (Å²) in [6.45, 7) is 0. The van der Waals surface area contributed by atoms with E-state index in [0.29, 0.717) is 0 Å². The van der Waals surface area contributed by atoms with Gasteiger partial charge >= 0.3 is 5.97 Å². The van der Waals surface area contributed by atoms with E-state index in [-0.39, 0.29) is 22.3 Å². The van der Waals surface area contributed by atoms with Gasteiger partial charge in [0, 0.05) is 5.02 Å². The van der Waals surface area contributed by atoms with E-state index in [4.69, 9.17) is 23.2 Å². The number of halogens is 2. The molecule has 1 rings (SSSR count). The molecule has 0 bridgehead atoms. The molecule has 0 aliphatic heterocycles. The van der Waals surface area contributed by atoms with Crippen LogP contribution in [-0.2, 0) is 4.74 Å². The van der Waals surface area contributed by atoms with Gasteiger partial charge in [-0.1, -0.05) is 11.6 Å². The standard InChI is InChI=1S/C9H7Cl2NO3/c1-15-9(14)7-3-5(11)2-6(12-7)8(13)4-10/h2-3H,4H2,1H3. The highest BCUT2D eigenvalue weighted by atomic mass is 35.5. The van der Waals surface area contributed by atoms with Crippen LogP contribution in [0.15, 0.2) is 12.1 Å². The van der Waals surface area contributed by atoms with Crippen LogP contribution in [-0.4, -0.2) is 29.7 Å². The number of hydrogen-bond donors (Lipinski definition) is 0. The maximum atomic E-state index is 11.2. The molecule has 0 aliphatic carbocycles. The minimum atomic E-state index is -0.652. The van der Waals surface area contributed by atoms with Gasteiger partial charge < -0.3 is 4.74 Å². The zero-order valence-corrected chi connectivity index (χ0v) is 9.30. The summed E-state index contributed by atoms with van der Waals surface area (Å²) in [6.07, 6.45) is 0. The van der Waals surface area contributed by atoms with Crippen molar-refractivity contribution in [3.05, 3.63) is 28.5 Å². The van der Waals surface area contributed by atoms with Crippen LogP contribution < -0.4 is 0 Å². The summed E-state index contributed by atoms with van der Waals surface area (Å²) in [5.74, 6) is -1.26. The Morgan fingerprint density at radius 1 is 1.40 bits per heavy atom. The largest absolute Gasteiger partial charge is 0.464 e. The molecule has 0 N–H and O–H groups in total. The van der Waals surface area contributed by atoms with Gasteiger partial charge in [0.25, 0.3) is 0 Å². The molecule has 0 amide bonds. The third-order valence-corrected chi connectivity index (χ3v) is 2.05. The Kier molecular flexibility index (Phi) is 4.05. The molecule has 0 spiro atoms. The number of esters is 1. The second-order valence-corrected chi connectivity index (χ2v) is 3.31. The molecular formula is C9H7Cl2NO3. The molecule has 6 heteroatoms. The normalized spacial score (nSPS) is 9.80. The molecule has 0 unspecified atom stereocenters. The predicted octanol–water partition coefficient (Wildman–Crippen LogP) is 1.94. The Labute approximate surface area is 96.2 Å². The average Bonchev–Trinajstić information content (AvgIpc) is 2.26. The summed E-state index contributed by atoms with van der Waals surface area (Å²) in [6, 6.07) is 2.66. The van der Waals surface area contributed by atoms with Gasteiger partial charge in [0.2, 0.25) is 0 Å². The lowest BCUT2D eigenvalue weighted by molar-refractivity contribution is 0.0594. The summed E-state index contributed by atoms with van der Waals surface area (Å²) >= 11 is 11.1. The van der Waals surface area contributed by atoms with Crippen molar-refractivity contribution < 1.29 is 14.3 Å². The van der Waals surface area contributed by atoms with E-state index in [0.717, 1.165) is 0 Å². The quantitative estimate of drug-likeness (QED) is 0.466. The van der Waals surface area contributed by atoms with Gasteiger partial charge in [-0.3, -0.25) is 4.79 Å². The molecule has 1 aromatic heterocycles. The Morgan fingerprint density at radius 2 is 2.00 bits per heavy atom. The molecular weight excluding hydrogens is 241 g/mol. The summed E-state index contributed by atoms with van der Waals surface area (Å²) in [7, 11) is 1.22. The van der Waals surface area contributed by atoms with Crippen molar-refractivity contribution in [2.75, 3.05) is 13.0 Å². The van der Waals surface area contributed by atoms with Crippen molar-refractivity contribution in [2.24, 2.45) is 0 Å². The van der Waals surface area contributed by atoms with Crippen LogP contribution in [0.3, 0.4) is 0 Å². The third kappa shape index (κ3) is 2.91.